The van der Waals surface area contributed by atoms with Crippen LogP contribution in [-0.4, -0.2) is 58.6 Å². The van der Waals surface area contributed by atoms with Crippen LogP contribution in [0.2, 0.25) is 0 Å². The Morgan fingerprint density at radius 2 is 1.12 bits per heavy atom. The van der Waals surface area contributed by atoms with E-state index < -0.39 is 0 Å². The molecule has 17 heavy (non-hydrogen) atoms. The molecule has 5 nitrogen and oxygen atoms in total. The monoisotopic (exact) mass is 254 g/mol. The van der Waals surface area contributed by atoms with Gasteiger partial charge in [0.05, 0.1) is 13.2 Å². The fourth-order valence-electron chi connectivity index (χ4n) is 0.167. The number of hydrogen-bond donors (Lipinski definition) is 1. The van der Waals surface area contributed by atoms with E-state index in [2.05, 4.69) is 14.2 Å². The van der Waals surface area contributed by atoms with Gasteiger partial charge in [0.25, 0.3) is 0 Å². The van der Waals surface area contributed by atoms with Crippen molar-refractivity contribution in [3.8, 4) is 0 Å². The third-order valence-electron chi connectivity index (χ3n) is 0.492. The zero-order valence-electron chi connectivity index (χ0n) is 12.6. The Balaban J connectivity index is -0.0000000688. The molecule has 0 fully saturated rings. The summed E-state index contributed by atoms with van der Waals surface area (Å²) in [7, 11) is 6.55. The predicted octanol–water partition coefficient (Wildman–Crippen LogP) is 1.52. The highest BCUT2D eigenvalue weighted by atomic mass is 16.5. The molecule has 0 aromatic heterocycles. The van der Waals surface area contributed by atoms with Gasteiger partial charge in [0, 0.05) is 34.5 Å². The molecule has 0 aliphatic carbocycles. The molecular formula is C12H30O5. The van der Waals surface area contributed by atoms with Gasteiger partial charge in [0.2, 0.25) is 0 Å². The van der Waals surface area contributed by atoms with Crippen LogP contribution in [0.4, 0.5) is 0 Å². The first-order valence-corrected chi connectivity index (χ1v) is 5.33. The number of ketones is 1. The quantitative estimate of drug-likeness (QED) is 0.774. The summed E-state index contributed by atoms with van der Waals surface area (Å²) < 4.78 is 13.6. The molecule has 0 rings (SSSR count). The maximum Gasteiger partial charge on any atom is 0.126 e. The highest BCUT2D eigenvalue weighted by molar-refractivity contribution is 5.72. The van der Waals surface area contributed by atoms with Crippen molar-refractivity contribution in [2.75, 3.05) is 41.7 Å². The molecule has 0 bridgehead atoms. The molecule has 0 amide bonds. The number of hydrogen-bond acceptors (Lipinski definition) is 5. The standard InChI is InChI=1S/C4H10O2.C3H8O.C3H6O.C2H6O/c1-5-3-4-6-2;2*1-3(2)4;1-3-2/h3-4H2,1-2H3;3-4H,1-2H3;1-2H3;1-2H3. The minimum absolute atomic E-state index is 0.167. The lowest BCUT2D eigenvalue weighted by Crippen LogP contribution is -1.96. The van der Waals surface area contributed by atoms with Crippen LogP contribution < -0.4 is 0 Å². The second-order valence-electron chi connectivity index (χ2n) is 3.40. The molecule has 108 valence electrons. The van der Waals surface area contributed by atoms with E-state index in [1.165, 1.54) is 13.8 Å². The van der Waals surface area contributed by atoms with Crippen LogP contribution in [-0.2, 0) is 19.0 Å². The lowest BCUT2D eigenvalue weighted by molar-refractivity contribution is -0.114. The Morgan fingerprint density at radius 1 is 1.00 bits per heavy atom. The van der Waals surface area contributed by atoms with Crippen molar-refractivity contribution in [1.29, 1.82) is 0 Å². The van der Waals surface area contributed by atoms with E-state index >= 15 is 0 Å². The fraction of sp³-hybridized carbons (Fsp3) is 0.917. The molecule has 0 aromatic carbocycles. The third-order valence-corrected chi connectivity index (χ3v) is 0.492. The number of aliphatic hydroxyl groups excluding tert-OH is 1. The molecule has 0 heterocycles. The summed E-state index contributed by atoms with van der Waals surface area (Å²) in [6.45, 7) is 7.88. The first-order chi connectivity index (χ1) is 7.79. The van der Waals surface area contributed by atoms with E-state index in [9.17, 15) is 4.79 Å². The summed E-state index contributed by atoms with van der Waals surface area (Å²) in [5.74, 6) is 0.167. The molecule has 0 saturated carbocycles. The zero-order chi connectivity index (χ0) is 14.7. The number of carbonyl (C=O) groups is 1. The van der Waals surface area contributed by atoms with Crippen LogP contribution >= 0.6 is 0 Å². The van der Waals surface area contributed by atoms with Crippen molar-refractivity contribution < 1.29 is 24.1 Å². The van der Waals surface area contributed by atoms with Crippen molar-refractivity contribution in [1.82, 2.24) is 0 Å². The van der Waals surface area contributed by atoms with Gasteiger partial charge in [-0.05, 0) is 27.7 Å². The van der Waals surface area contributed by atoms with Gasteiger partial charge >= 0.3 is 0 Å². The highest BCUT2D eigenvalue weighted by Gasteiger charge is 1.73. The minimum Gasteiger partial charge on any atom is -0.394 e. The van der Waals surface area contributed by atoms with Crippen molar-refractivity contribution in [2.45, 2.75) is 33.8 Å². The average Bonchev–Trinajstić information content (AvgIpc) is 2.14. The fourth-order valence-corrected chi connectivity index (χ4v) is 0.167. The van der Waals surface area contributed by atoms with E-state index in [4.69, 9.17) is 5.11 Å². The van der Waals surface area contributed by atoms with Gasteiger partial charge in [-0.2, -0.15) is 0 Å². The SMILES string of the molecule is CC(C)=O.CC(C)O.COC.COCCOC. The molecular weight excluding hydrogens is 224 g/mol. The molecule has 0 radical (unpaired) electrons. The summed E-state index contributed by atoms with van der Waals surface area (Å²) in [6, 6.07) is 0. The zero-order valence-corrected chi connectivity index (χ0v) is 12.6. The van der Waals surface area contributed by atoms with Crippen molar-refractivity contribution >= 4 is 5.78 Å². The number of carbonyl (C=O) groups excluding carboxylic acids is 1. The van der Waals surface area contributed by atoms with Gasteiger partial charge in [-0.15, -0.1) is 0 Å². The Kier molecular flexibility index (Phi) is 44.1. The van der Waals surface area contributed by atoms with E-state index in [-0.39, 0.29) is 11.9 Å². The summed E-state index contributed by atoms with van der Waals surface area (Å²) in [5, 5.41) is 8.06. The van der Waals surface area contributed by atoms with E-state index in [0.717, 1.165) is 0 Å². The summed E-state index contributed by atoms with van der Waals surface area (Å²) in [4.78, 5) is 9.44. The molecule has 5 heteroatoms. The maximum absolute atomic E-state index is 9.44. The maximum atomic E-state index is 9.44. The smallest absolute Gasteiger partial charge is 0.126 e. The van der Waals surface area contributed by atoms with Crippen LogP contribution in [0.5, 0.6) is 0 Å². The number of Topliss-reactive ketones (excluding diaryl/α,β-unsaturated/α-hetero) is 1. The molecule has 0 unspecified atom stereocenters. The van der Waals surface area contributed by atoms with Crippen LogP contribution in [0.1, 0.15) is 27.7 Å². The molecule has 0 spiro atoms. The lowest BCUT2D eigenvalue weighted by atomic mass is 10.5. The molecule has 0 aliphatic heterocycles. The molecule has 0 saturated heterocycles. The second-order valence-corrected chi connectivity index (χ2v) is 3.40. The van der Waals surface area contributed by atoms with Crippen LogP contribution in [0.3, 0.4) is 0 Å². The summed E-state index contributed by atoms with van der Waals surface area (Å²) in [6.07, 6.45) is -0.167. The molecule has 1 N–H and O–H groups in total. The van der Waals surface area contributed by atoms with Gasteiger partial charge < -0.3 is 24.1 Å². The molecule has 0 aliphatic rings. The molecule has 0 aromatic rings. The minimum atomic E-state index is -0.167. The number of rotatable bonds is 3. The van der Waals surface area contributed by atoms with Gasteiger partial charge in [-0.1, -0.05) is 0 Å². The topological polar surface area (TPSA) is 65.0 Å². The summed E-state index contributed by atoms with van der Waals surface area (Å²) in [5.41, 5.74) is 0. The molecule has 0 atom stereocenters. The number of methoxy groups -OCH3 is 3. The predicted molar refractivity (Wildman–Crippen MR) is 70.4 cm³/mol. The third kappa shape index (κ3) is 449. The average molecular weight is 254 g/mol. The van der Waals surface area contributed by atoms with Gasteiger partial charge in [0.15, 0.2) is 0 Å². The summed E-state index contributed by atoms with van der Waals surface area (Å²) >= 11 is 0. The Hall–Kier alpha value is -0.490. The van der Waals surface area contributed by atoms with E-state index in [1.54, 1.807) is 42.3 Å². The Bertz CT molecular complexity index is 105. The van der Waals surface area contributed by atoms with Crippen LogP contribution in [0, 0.1) is 0 Å². The normalized spacial score (nSPS) is 7.88. The first kappa shape index (κ1) is 25.4. The first-order valence-electron chi connectivity index (χ1n) is 5.33. The largest absolute Gasteiger partial charge is 0.394 e. The Labute approximate surface area is 106 Å². The van der Waals surface area contributed by atoms with Gasteiger partial charge in [-0.3, -0.25) is 0 Å². The van der Waals surface area contributed by atoms with Crippen molar-refractivity contribution in [2.24, 2.45) is 0 Å². The van der Waals surface area contributed by atoms with Crippen molar-refractivity contribution in [3.63, 3.8) is 0 Å². The lowest BCUT2D eigenvalue weighted by Gasteiger charge is -1.91. The number of aliphatic hydroxyl groups is 1. The van der Waals surface area contributed by atoms with Gasteiger partial charge in [0.1, 0.15) is 5.78 Å². The van der Waals surface area contributed by atoms with Crippen LogP contribution in [0.15, 0.2) is 0 Å². The van der Waals surface area contributed by atoms with Gasteiger partial charge in [-0.25, -0.2) is 0 Å². The highest BCUT2D eigenvalue weighted by Crippen LogP contribution is 1.65. The van der Waals surface area contributed by atoms with E-state index in [1.807, 2.05) is 0 Å². The van der Waals surface area contributed by atoms with Crippen molar-refractivity contribution in [3.05, 3.63) is 0 Å². The van der Waals surface area contributed by atoms with E-state index in [0.29, 0.717) is 13.2 Å². The number of ether oxygens (including phenoxy) is 3. The second kappa shape index (κ2) is 29.6. The Morgan fingerprint density at radius 3 is 1.18 bits per heavy atom. The van der Waals surface area contributed by atoms with Crippen LogP contribution in [0.25, 0.3) is 0 Å².